The molecule has 7 heteroatoms. The molecule has 122 valence electrons. The van der Waals surface area contributed by atoms with Crippen molar-refractivity contribution in [2.75, 3.05) is 33.4 Å². The third-order valence-corrected chi connectivity index (χ3v) is 5.27. The number of nitrogens with zero attached hydrogens (tertiary/aromatic N) is 1. The molecule has 0 amide bonds. The standard InChI is InChI=1S/C15H21NO5S/c1-15(2,16-8-10-21-11-9-16)14(17)12-4-6-13(7-5-12)22(18,19)20-3/h4-7H,8-11H2,1-3H3. The fraction of sp³-hybridized carbons (Fsp3) is 0.533. The fourth-order valence-electron chi connectivity index (χ4n) is 2.49. The highest BCUT2D eigenvalue weighted by molar-refractivity contribution is 7.86. The van der Waals surface area contributed by atoms with E-state index >= 15 is 0 Å². The van der Waals surface area contributed by atoms with Gasteiger partial charge in [0, 0.05) is 18.7 Å². The first-order valence-electron chi connectivity index (χ1n) is 7.07. The first-order chi connectivity index (χ1) is 10.3. The van der Waals surface area contributed by atoms with Crippen molar-refractivity contribution in [3.63, 3.8) is 0 Å². The number of benzene rings is 1. The molecule has 1 fully saturated rings. The summed E-state index contributed by atoms with van der Waals surface area (Å²) in [5.41, 5.74) is -0.183. The van der Waals surface area contributed by atoms with Crippen LogP contribution in [0.1, 0.15) is 24.2 Å². The molecule has 0 atom stereocenters. The quantitative estimate of drug-likeness (QED) is 0.600. The van der Waals surface area contributed by atoms with Crippen molar-refractivity contribution >= 4 is 15.9 Å². The summed E-state index contributed by atoms with van der Waals surface area (Å²) in [6, 6.07) is 5.83. The summed E-state index contributed by atoms with van der Waals surface area (Å²) in [7, 11) is -2.63. The number of hydrogen-bond donors (Lipinski definition) is 0. The van der Waals surface area contributed by atoms with E-state index in [2.05, 4.69) is 9.08 Å². The minimum atomic E-state index is -3.73. The largest absolute Gasteiger partial charge is 0.379 e. The molecular formula is C15H21NO5S. The molecule has 22 heavy (non-hydrogen) atoms. The molecule has 1 saturated heterocycles. The number of hydrogen-bond acceptors (Lipinski definition) is 6. The van der Waals surface area contributed by atoms with Gasteiger partial charge in [0.15, 0.2) is 5.78 Å². The minimum absolute atomic E-state index is 0.0377. The Kier molecular flexibility index (Phi) is 5.01. The van der Waals surface area contributed by atoms with Crippen LogP contribution in [0.5, 0.6) is 0 Å². The normalized spacial score (nSPS) is 17.4. The maximum Gasteiger partial charge on any atom is 0.296 e. The monoisotopic (exact) mass is 327 g/mol. The Hall–Kier alpha value is -1.28. The smallest absolute Gasteiger partial charge is 0.296 e. The second-order valence-corrected chi connectivity index (χ2v) is 7.35. The molecule has 0 unspecified atom stereocenters. The molecule has 1 aliphatic rings. The molecule has 2 rings (SSSR count). The van der Waals surface area contributed by atoms with Crippen LogP contribution in [0.25, 0.3) is 0 Å². The molecular weight excluding hydrogens is 306 g/mol. The number of morpholine rings is 1. The van der Waals surface area contributed by atoms with Crippen LogP contribution in [0, 0.1) is 0 Å². The molecule has 0 aliphatic carbocycles. The van der Waals surface area contributed by atoms with Crippen LogP contribution in [0.3, 0.4) is 0 Å². The molecule has 1 heterocycles. The van der Waals surface area contributed by atoms with Gasteiger partial charge < -0.3 is 4.74 Å². The number of ketones is 1. The van der Waals surface area contributed by atoms with Crippen LogP contribution < -0.4 is 0 Å². The Morgan fingerprint density at radius 1 is 1.18 bits per heavy atom. The highest BCUT2D eigenvalue weighted by Crippen LogP contribution is 2.23. The molecule has 1 aromatic rings. The molecule has 1 aliphatic heterocycles. The maximum atomic E-state index is 12.7. The average Bonchev–Trinajstić information content (AvgIpc) is 2.55. The van der Waals surface area contributed by atoms with Crippen molar-refractivity contribution in [2.24, 2.45) is 0 Å². The zero-order chi connectivity index (χ0) is 16.4. The maximum absolute atomic E-state index is 12.7. The van der Waals surface area contributed by atoms with Gasteiger partial charge in [-0.1, -0.05) is 0 Å². The molecule has 0 N–H and O–H groups in total. The van der Waals surface area contributed by atoms with Crippen LogP contribution in [0.15, 0.2) is 29.2 Å². The van der Waals surface area contributed by atoms with Crippen LogP contribution in [-0.2, 0) is 19.0 Å². The minimum Gasteiger partial charge on any atom is -0.379 e. The number of Topliss-reactive ketones (excluding diaryl/α,β-unsaturated/α-hetero) is 1. The Labute approximate surface area is 131 Å². The zero-order valence-electron chi connectivity index (χ0n) is 13.0. The van der Waals surface area contributed by atoms with Gasteiger partial charge in [-0.3, -0.25) is 13.9 Å². The summed E-state index contributed by atoms with van der Waals surface area (Å²) < 4.78 is 33.0. The van der Waals surface area contributed by atoms with E-state index in [0.717, 1.165) is 7.11 Å². The summed E-state index contributed by atoms with van der Waals surface area (Å²) in [5.74, 6) is -0.0456. The van der Waals surface area contributed by atoms with E-state index in [9.17, 15) is 13.2 Å². The highest BCUT2D eigenvalue weighted by atomic mass is 32.2. The van der Waals surface area contributed by atoms with Crippen LogP contribution in [0.2, 0.25) is 0 Å². The Morgan fingerprint density at radius 3 is 2.23 bits per heavy atom. The first kappa shape index (κ1) is 17.1. The second-order valence-electron chi connectivity index (χ2n) is 5.63. The van der Waals surface area contributed by atoms with Crippen LogP contribution in [-0.4, -0.2) is 58.1 Å². The van der Waals surface area contributed by atoms with E-state index in [-0.39, 0.29) is 10.7 Å². The summed E-state index contributed by atoms with van der Waals surface area (Å²) in [6.45, 7) is 6.38. The topological polar surface area (TPSA) is 72.9 Å². The summed E-state index contributed by atoms with van der Waals surface area (Å²) in [4.78, 5) is 14.9. The first-order valence-corrected chi connectivity index (χ1v) is 8.48. The Balaban J connectivity index is 2.22. The summed E-state index contributed by atoms with van der Waals surface area (Å²) in [5, 5.41) is 0. The lowest BCUT2D eigenvalue weighted by Gasteiger charge is -2.39. The van der Waals surface area contributed by atoms with E-state index in [1.54, 1.807) is 0 Å². The van der Waals surface area contributed by atoms with Gasteiger partial charge in [-0.05, 0) is 38.1 Å². The van der Waals surface area contributed by atoms with Crippen LogP contribution in [0.4, 0.5) is 0 Å². The van der Waals surface area contributed by atoms with Gasteiger partial charge in [-0.2, -0.15) is 8.42 Å². The van der Waals surface area contributed by atoms with E-state index in [4.69, 9.17) is 4.74 Å². The molecule has 0 aromatic heterocycles. The molecule has 0 radical (unpaired) electrons. The van der Waals surface area contributed by atoms with Crippen molar-refractivity contribution < 1.29 is 22.1 Å². The van der Waals surface area contributed by atoms with Gasteiger partial charge in [-0.25, -0.2) is 0 Å². The predicted octanol–water partition coefficient (Wildman–Crippen LogP) is 1.32. The molecule has 0 bridgehead atoms. The van der Waals surface area contributed by atoms with E-state index in [1.807, 2.05) is 13.8 Å². The van der Waals surface area contributed by atoms with Gasteiger partial charge in [-0.15, -0.1) is 0 Å². The van der Waals surface area contributed by atoms with Crippen molar-refractivity contribution in [2.45, 2.75) is 24.3 Å². The Bertz CT molecular complexity index is 630. The number of carbonyl (C=O) groups is 1. The molecule has 1 aromatic carbocycles. The van der Waals surface area contributed by atoms with Crippen molar-refractivity contribution in [1.29, 1.82) is 0 Å². The lowest BCUT2D eigenvalue weighted by Crippen LogP contribution is -2.54. The summed E-state index contributed by atoms with van der Waals surface area (Å²) >= 11 is 0. The van der Waals surface area contributed by atoms with Crippen molar-refractivity contribution in [3.05, 3.63) is 29.8 Å². The van der Waals surface area contributed by atoms with Gasteiger partial charge in [0.05, 0.1) is 30.8 Å². The number of carbonyl (C=O) groups excluding carboxylic acids is 1. The number of ether oxygens (including phenoxy) is 1. The second kappa shape index (κ2) is 6.45. The summed E-state index contributed by atoms with van der Waals surface area (Å²) in [6.07, 6.45) is 0. The van der Waals surface area contributed by atoms with E-state index < -0.39 is 15.7 Å². The van der Waals surface area contributed by atoms with Gasteiger partial charge in [0.2, 0.25) is 0 Å². The zero-order valence-corrected chi connectivity index (χ0v) is 13.9. The Morgan fingerprint density at radius 2 is 1.73 bits per heavy atom. The SMILES string of the molecule is COS(=O)(=O)c1ccc(C(=O)C(C)(C)N2CCOCC2)cc1. The lowest BCUT2D eigenvalue weighted by atomic mass is 9.91. The lowest BCUT2D eigenvalue weighted by molar-refractivity contribution is -0.00430. The van der Waals surface area contributed by atoms with E-state index in [0.29, 0.717) is 31.9 Å². The number of rotatable bonds is 5. The fourth-order valence-corrected chi connectivity index (χ4v) is 3.15. The average molecular weight is 327 g/mol. The van der Waals surface area contributed by atoms with Crippen LogP contribution >= 0.6 is 0 Å². The molecule has 0 saturated carbocycles. The van der Waals surface area contributed by atoms with Crippen molar-refractivity contribution in [1.82, 2.24) is 4.90 Å². The molecule has 0 spiro atoms. The third kappa shape index (κ3) is 3.38. The third-order valence-electron chi connectivity index (χ3n) is 3.98. The highest BCUT2D eigenvalue weighted by Gasteiger charge is 2.36. The van der Waals surface area contributed by atoms with Gasteiger partial charge in [0.25, 0.3) is 10.1 Å². The van der Waals surface area contributed by atoms with Gasteiger partial charge >= 0.3 is 0 Å². The van der Waals surface area contributed by atoms with Gasteiger partial charge in [0.1, 0.15) is 0 Å². The van der Waals surface area contributed by atoms with E-state index in [1.165, 1.54) is 24.3 Å². The molecule has 6 nitrogen and oxygen atoms in total. The van der Waals surface area contributed by atoms with Crippen molar-refractivity contribution in [3.8, 4) is 0 Å². The predicted molar refractivity (Wildman–Crippen MR) is 81.4 cm³/mol.